The van der Waals surface area contributed by atoms with Gasteiger partial charge in [0.2, 0.25) is 0 Å². The van der Waals surface area contributed by atoms with E-state index in [9.17, 15) is 27.6 Å². The Kier molecular flexibility index (Phi) is 6.56. The smallest absolute Gasteiger partial charge is 0.384 e. The van der Waals surface area contributed by atoms with Gasteiger partial charge in [0.1, 0.15) is 5.82 Å². The molecule has 2 aromatic heterocycles. The summed E-state index contributed by atoms with van der Waals surface area (Å²) in [4.78, 5) is 42.6. The van der Waals surface area contributed by atoms with E-state index in [1.165, 1.54) is 18.5 Å². The van der Waals surface area contributed by atoms with Gasteiger partial charge in [-0.05, 0) is 12.1 Å². The second kappa shape index (κ2) is 9.03. The third-order valence-corrected chi connectivity index (χ3v) is 5.45. The maximum Gasteiger partial charge on any atom is 0.417 e. The molecule has 0 aliphatic carbocycles. The molecular weight excluding hydrogens is 485 g/mol. The summed E-state index contributed by atoms with van der Waals surface area (Å²) < 4.78 is 40.0. The number of H-pyrrole nitrogens is 1. The topological polar surface area (TPSA) is 147 Å². The molecule has 3 aromatic rings. The lowest BCUT2D eigenvalue weighted by atomic mass is 10.1. The van der Waals surface area contributed by atoms with Crippen LogP contribution in [0.3, 0.4) is 0 Å². The third-order valence-electron chi connectivity index (χ3n) is 4.37. The number of carbonyl (C=O) groups is 1. The Morgan fingerprint density at radius 2 is 2.06 bits per heavy atom. The molecule has 0 aliphatic heterocycles. The van der Waals surface area contributed by atoms with Crippen molar-refractivity contribution in [2.75, 3.05) is 11.1 Å². The number of alkyl halides is 3. The highest BCUT2D eigenvalue weighted by Crippen LogP contribution is 2.37. The first kappa shape index (κ1) is 23.9. The van der Waals surface area contributed by atoms with E-state index in [4.69, 9.17) is 22.7 Å². The Hall–Kier alpha value is -3.71. The number of nitrogens with zero attached hydrogens (tertiary/aromatic N) is 2. The maximum atomic E-state index is 13.1. The number of halogens is 4. The van der Waals surface area contributed by atoms with Gasteiger partial charge in [-0.15, -0.1) is 11.3 Å². The highest BCUT2D eigenvalue weighted by atomic mass is 35.5. The van der Waals surface area contributed by atoms with Crippen LogP contribution in [0.25, 0.3) is 16.8 Å². The van der Waals surface area contributed by atoms with Gasteiger partial charge in [0.05, 0.1) is 21.8 Å². The summed E-state index contributed by atoms with van der Waals surface area (Å²) >= 11 is 6.57. The van der Waals surface area contributed by atoms with Gasteiger partial charge >= 0.3 is 11.9 Å². The first-order valence-electron chi connectivity index (χ1n) is 8.87. The molecule has 0 bridgehead atoms. The maximum absolute atomic E-state index is 13.1. The number of carbonyl (C=O) groups excluding carboxylic acids is 1. The van der Waals surface area contributed by atoms with Crippen molar-refractivity contribution in [3.05, 3.63) is 66.6 Å². The van der Waals surface area contributed by atoms with Crippen molar-refractivity contribution in [2.45, 2.75) is 6.18 Å². The number of thiazole rings is 1. The van der Waals surface area contributed by atoms with E-state index in [1.807, 2.05) is 0 Å². The number of anilines is 2. The van der Waals surface area contributed by atoms with Gasteiger partial charge in [0.25, 0.3) is 11.5 Å². The van der Waals surface area contributed by atoms with E-state index >= 15 is 0 Å². The van der Waals surface area contributed by atoms with Crippen LogP contribution >= 0.6 is 22.9 Å². The molecule has 9 nitrogen and oxygen atoms in total. The minimum Gasteiger partial charge on any atom is -0.384 e. The minimum absolute atomic E-state index is 0.0569. The van der Waals surface area contributed by atoms with Crippen LogP contribution in [0.4, 0.5) is 24.1 Å². The molecule has 0 saturated carbocycles. The zero-order chi connectivity index (χ0) is 24.5. The molecule has 1 aromatic carbocycles. The van der Waals surface area contributed by atoms with Gasteiger partial charge in [0.15, 0.2) is 5.13 Å². The SMILES string of the molecule is Cn1c(=O)[nH]c(N)c(/C(C=N)=C/C(=O)Nc2nc(-c3ccc(Cl)c(C(F)(F)F)c3)cs2)c1=O. The van der Waals surface area contributed by atoms with Gasteiger partial charge in [-0.3, -0.25) is 24.5 Å². The van der Waals surface area contributed by atoms with Gasteiger partial charge in [-0.2, -0.15) is 13.2 Å². The molecule has 5 N–H and O–H groups in total. The molecule has 14 heteroatoms. The molecule has 0 fully saturated rings. The fraction of sp³-hybridized carbons (Fsp3) is 0.105. The number of nitrogen functional groups attached to an aromatic ring is 1. The fourth-order valence-electron chi connectivity index (χ4n) is 2.75. The first-order valence-corrected chi connectivity index (χ1v) is 10.1. The molecule has 33 heavy (non-hydrogen) atoms. The summed E-state index contributed by atoms with van der Waals surface area (Å²) in [6.45, 7) is 0. The lowest BCUT2D eigenvalue weighted by Crippen LogP contribution is -2.36. The van der Waals surface area contributed by atoms with Crippen LogP contribution in [0.2, 0.25) is 5.02 Å². The van der Waals surface area contributed by atoms with E-state index in [1.54, 1.807) is 0 Å². The Bertz CT molecular complexity index is 1410. The minimum atomic E-state index is -4.64. The van der Waals surface area contributed by atoms with Crippen molar-refractivity contribution >= 4 is 51.6 Å². The van der Waals surface area contributed by atoms with Crippen LogP contribution in [0, 0.1) is 5.41 Å². The molecule has 0 aliphatic rings. The fourth-order valence-corrected chi connectivity index (χ4v) is 3.70. The normalized spacial score (nSPS) is 12.0. The first-order chi connectivity index (χ1) is 15.4. The lowest BCUT2D eigenvalue weighted by molar-refractivity contribution is -0.137. The number of hydrogen-bond donors (Lipinski definition) is 4. The van der Waals surface area contributed by atoms with E-state index in [-0.39, 0.29) is 33.3 Å². The van der Waals surface area contributed by atoms with Crippen LogP contribution in [0.5, 0.6) is 0 Å². The van der Waals surface area contributed by atoms with Crippen LogP contribution in [0.15, 0.2) is 39.2 Å². The molecular formula is C19H14ClF3N6O3S. The number of nitrogens with two attached hydrogens (primary N) is 1. The number of hydrogen-bond acceptors (Lipinski definition) is 7. The van der Waals surface area contributed by atoms with Crippen LogP contribution in [0.1, 0.15) is 11.1 Å². The summed E-state index contributed by atoms with van der Waals surface area (Å²) in [7, 11) is 1.20. The Morgan fingerprint density at radius 1 is 1.36 bits per heavy atom. The van der Waals surface area contributed by atoms with Crippen molar-refractivity contribution in [3.63, 3.8) is 0 Å². The molecule has 0 radical (unpaired) electrons. The van der Waals surface area contributed by atoms with Crippen molar-refractivity contribution in [2.24, 2.45) is 7.05 Å². The molecule has 0 atom stereocenters. The Balaban J connectivity index is 1.88. The summed E-state index contributed by atoms with van der Waals surface area (Å²) in [5.74, 6) is -1.10. The number of aromatic nitrogens is 3. The molecule has 0 spiro atoms. The monoisotopic (exact) mass is 498 g/mol. The average Bonchev–Trinajstić information content (AvgIpc) is 3.19. The van der Waals surface area contributed by atoms with Gasteiger partial charge < -0.3 is 11.1 Å². The highest BCUT2D eigenvalue weighted by Gasteiger charge is 2.33. The van der Waals surface area contributed by atoms with Gasteiger partial charge in [0, 0.05) is 35.9 Å². The lowest BCUT2D eigenvalue weighted by Gasteiger charge is -2.09. The number of benzene rings is 1. The van der Waals surface area contributed by atoms with E-state index in [2.05, 4.69) is 15.3 Å². The summed E-state index contributed by atoms with van der Waals surface area (Å²) in [6, 6.07) is 3.32. The summed E-state index contributed by atoms with van der Waals surface area (Å²) in [6.07, 6.45) is -3.02. The van der Waals surface area contributed by atoms with Crippen molar-refractivity contribution in [1.29, 1.82) is 5.41 Å². The molecule has 0 unspecified atom stereocenters. The van der Waals surface area contributed by atoms with Gasteiger partial charge in [-0.25, -0.2) is 9.78 Å². The van der Waals surface area contributed by atoms with Crippen LogP contribution in [-0.4, -0.2) is 26.7 Å². The van der Waals surface area contributed by atoms with Crippen molar-refractivity contribution in [3.8, 4) is 11.3 Å². The molecule has 1 amide bonds. The Labute approximate surface area is 191 Å². The molecule has 3 rings (SSSR count). The molecule has 2 heterocycles. The second-order valence-electron chi connectivity index (χ2n) is 6.55. The van der Waals surface area contributed by atoms with E-state index in [0.29, 0.717) is 6.21 Å². The van der Waals surface area contributed by atoms with Crippen LogP contribution < -0.4 is 22.3 Å². The number of aromatic amines is 1. The second-order valence-corrected chi connectivity index (χ2v) is 7.81. The predicted octanol–water partition coefficient (Wildman–Crippen LogP) is 3.12. The standard InChI is InChI=1S/C19H14ClF3N6O3S/c1-29-16(31)14(15(25)28-18(29)32)9(6-24)5-13(30)27-17-26-12(7-33-17)8-2-3-11(20)10(4-8)19(21,22)23/h2-7,24H,25H2,1H3,(H,28,32)(H,26,27,30)/b9-5+,24-6?. The number of nitrogens with one attached hydrogen (secondary N) is 3. The molecule has 0 saturated heterocycles. The zero-order valence-corrected chi connectivity index (χ0v) is 18.2. The van der Waals surface area contributed by atoms with E-state index in [0.717, 1.165) is 34.1 Å². The summed E-state index contributed by atoms with van der Waals surface area (Å²) in [5, 5.41) is 11.0. The highest BCUT2D eigenvalue weighted by molar-refractivity contribution is 7.14. The zero-order valence-electron chi connectivity index (χ0n) is 16.6. The largest absolute Gasteiger partial charge is 0.417 e. The number of amides is 1. The van der Waals surface area contributed by atoms with Crippen molar-refractivity contribution < 1.29 is 18.0 Å². The summed E-state index contributed by atoms with van der Waals surface area (Å²) in [5.41, 5.74) is 2.98. The average molecular weight is 499 g/mol. The van der Waals surface area contributed by atoms with E-state index < -0.39 is 33.9 Å². The molecule has 172 valence electrons. The van der Waals surface area contributed by atoms with Crippen molar-refractivity contribution in [1.82, 2.24) is 14.5 Å². The van der Waals surface area contributed by atoms with Crippen LogP contribution in [-0.2, 0) is 18.0 Å². The number of allylic oxidation sites excluding steroid dienone is 1. The Morgan fingerprint density at radius 3 is 2.70 bits per heavy atom. The third kappa shape index (κ3) is 5.04. The number of rotatable bonds is 5. The predicted molar refractivity (Wildman–Crippen MR) is 120 cm³/mol. The van der Waals surface area contributed by atoms with Gasteiger partial charge in [-0.1, -0.05) is 17.7 Å². The quantitative estimate of drug-likeness (QED) is 0.315.